The molecule has 1 aliphatic rings. The van der Waals surface area contributed by atoms with Gasteiger partial charge in [0.25, 0.3) is 0 Å². The predicted octanol–water partition coefficient (Wildman–Crippen LogP) is 3.93. The number of benzene rings is 1. The molecule has 27 heavy (non-hydrogen) atoms. The smallest absolute Gasteiger partial charge is 0.329 e. The number of nitrogens with zero attached hydrogens (tertiary/aromatic N) is 2. The summed E-state index contributed by atoms with van der Waals surface area (Å²) in [6, 6.07) is 10.2. The Bertz CT molecular complexity index is 874. The van der Waals surface area contributed by atoms with Crippen molar-refractivity contribution in [1.82, 2.24) is 4.98 Å². The normalized spacial score (nSPS) is 22.4. The summed E-state index contributed by atoms with van der Waals surface area (Å²) in [6.45, 7) is 8.27. The van der Waals surface area contributed by atoms with Gasteiger partial charge in [-0.1, -0.05) is 45.0 Å². The van der Waals surface area contributed by atoms with E-state index in [1.54, 1.807) is 0 Å². The number of carbonyl (C=O) groups excluding carboxylic acids is 1. The quantitative estimate of drug-likeness (QED) is 0.498. The van der Waals surface area contributed by atoms with E-state index in [1.807, 2.05) is 31.2 Å². The van der Waals surface area contributed by atoms with Crippen LogP contribution in [0, 0.1) is 10.1 Å². The fourth-order valence-electron chi connectivity index (χ4n) is 3.24. The summed E-state index contributed by atoms with van der Waals surface area (Å²) in [5.74, 6) is -0.380. The average molecular weight is 369 g/mol. The molecule has 1 aromatic carbocycles. The van der Waals surface area contributed by atoms with Crippen molar-refractivity contribution in [1.29, 1.82) is 0 Å². The lowest BCUT2D eigenvalue weighted by Crippen LogP contribution is -2.26. The number of anilines is 1. The molecule has 2 unspecified atom stereocenters. The van der Waals surface area contributed by atoms with Crippen LogP contribution in [-0.4, -0.2) is 21.9 Å². The van der Waals surface area contributed by atoms with E-state index in [2.05, 4.69) is 31.1 Å². The highest BCUT2D eigenvalue weighted by Gasteiger charge is 2.45. The van der Waals surface area contributed by atoms with E-state index in [0.29, 0.717) is 6.42 Å². The van der Waals surface area contributed by atoms with Gasteiger partial charge in [-0.05, 0) is 29.5 Å². The molecular weight excluding hydrogens is 346 g/mol. The topological polar surface area (TPSA) is 94.4 Å². The number of cyclic esters (lactones) is 1. The number of rotatable bonds is 4. The van der Waals surface area contributed by atoms with Crippen molar-refractivity contribution in [2.75, 3.05) is 5.32 Å². The third-order valence-corrected chi connectivity index (χ3v) is 4.86. The number of hydrogen-bond acceptors (Lipinski definition) is 6. The minimum atomic E-state index is -0.797. The maximum atomic E-state index is 12.4. The van der Waals surface area contributed by atoms with Crippen LogP contribution in [-0.2, 0) is 20.5 Å². The summed E-state index contributed by atoms with van der Waals surface area (Å²) < 4.78 is 5.65. The summed E-state index contributed by atoms with van der Waals surface area (Å²) >= 11 is 0. The molecule has 0 saturated carbocycles. The van der Waals surface area contributed by atoms with Gasteiger partial charge in [-0.15, -0.1) is 0 Å². The molecule has 0 radical (unpaired) electrons. The molecule has 7 nitrogen and oxygen atoms in total. The highest BCUT2D eigenvalue weighted by molar-refractivity contribution is 5.82. The molecule has 2 heterocycles. The van der Waals surface area contributed by atoms with Crippen LogP contribution < -0.4 is 5.32 Å². The Hall–Kier alpha value is -2.96. The second-order valence-corrected chi connectivity index (χ2v) is 8.01. The minimum Gasteiger partial charge on any atom is -0.453 e. The van der Waals surface area contributed by atoms with Crippen molar-refractivity contribution >= 4 is 17.5 Å². The Balaban J connectivity index is 1.81. The van der Waals surface area contributed by atoms with Crippen LogP contribution in [0.1, 0.15) is 45.2 Å². The first-order valence-corrected chi connectivity index (χ1v) is 8.80. The van der Waals surface area contributed by atoms with Crippen molar-refractivity contribution in [2.45, 2.75) is 51.2 Å². The Kier molecular flexibility index (Phi) is 4.63. The van der Waals surface area contributed by atoms with Crippen LogP contribution in [0.5, 0.6) is 0 Å². The third kappa shape index (κ3) is 3.77. The van der Waals surface area contributed by atoms with Gasteiger partial charge >= 0.3 is 11.7 Å². The summed E-state index contributed by atoms with van der Waals surface area (Å²) in [5, 5.41) is 14.0. The maximum absolute atomic E-state index is 12.4. The van der Waals surface area contributed by atoms with E-state index < -0.39 is 22.5 Å². The molecule has 0 aliphatic carbocycles. The lowest BCUT2D eigenvalue weighted by molar-refractivity contribution is -0.384. The van der Waals surface area contributed by atoms with E-state index >= 15 is 0 Å². The van der Waals surface area contributed by atoms with E-state index in [1.165, 1.54) is 23.9 Å². The van der Waals surface area contributed by atoms with E-state index in [0.717, 1.165) is 5.56 Å². The lowest BCUT2D eigenvalue weighted by atomic mass is 9.84. The summed E-state index contributed by atoms with van der Waals surface area (Å²) in [6.07, 6.45) is 1.80. The molecule has 1 aliphatic heterocycles. The number of esters is 1. The van der Waals surface area contributed by atoms with Crippen LogP contribution in [0.25, 0.3) is 0 Å². The molecule has 142 valence electrons. The monoisotopic (exact) mass is 369 g/mol. The van der Waals surface area contributed by atoms with Gasteiger partial charge in [0.2, 0.25) is 5.82 Å². The average Bonchev–Trinajstić information content (AvgIpc) is 2.89. The van der Waals surface area contributed by atoms with E-state index in [9.17, 15) is 14.9 Å². The molecule has 0 spiro atoms. The number of carbonyl (C=O) groups is 1. The second kappa shape index (κ2) is 6.64. The molecule has 1 aromatic heterocycles. The molecular formula is C20H23N3O4. The molecule has 1 N–H and O–H groups in total. The van der Waals surface area contributed by atoms with Gasteiger partial charge in [-0.2, -0.15) is 0 Å². The van der Waals surface area contributed by atoms with Crippen LogP contribution in [0.2, 0.25) is 0 Å². The summed E-state index contributed by atoms with van der Waals surface area (Å²) in [4.78, 5) is 27.0. The number of hydrogen-bond donors (Lipinski definition) is 1. The van der Waals surface area contributed by atoms with Gasteiger partial charge in [-0.3, -0.25) is 10.1 Å². The maximum Gasteiger partial charge on any atom is 0.329 e. The Morgan fingerprint density at radius 1 is 1.26 bits per heavy atom. The van der Waals surface area contributed by atoms with Crippen LogP contribution in [0.15, 0.2) is 42.6 Å². The van der Waals surface area contributed by atoms with Gasteiger partial charge in [0.1, 0.15) is 11.6 Å². The molecule has 7 heteroatoms. The van der Waals surface area contributed by atoms with Crippen LogP contribution >= 0.6 is 0 Å². The molecule has 1 saturated heterocycles. The zero-order valence-electron chi connectivity index (χ0n) is 15.9. The van der Waals surface area contributed by atoms with Crippen LogP contribution in [0.4, 0.5) is 11.5 Å². The van der Waals surface area contributed by atoms with E-state index in [-0.39, 0.29) is 16.9 Å². The number of pyridine rings is 1. The van der Waals surface area contributed by atoms with Gasteiger partial charge in [0.15, 0.2) is 0 Å². The van der Waals surface area contributed by atoms with Crippen molar-refractivity contribution < 1.29 is 14.5 Å². The standard InChI is InChI=1S/C20H23N3O4/c1-19(2,3)13-7-9-14(10-8-13)20(4)12-15(18(24)27-20)22-17-16(23(25)26)6-5-11-21-17/h5-11,15H,12H2,1-4H3,(H,21,22). The number of nitrogens with one attached hydrogen (secondary N) is 1. The Morgan fingerprint density at radius 3 is 2.52 bits per heavy atom. The fraction of sp³-hybridized carbons (Fsp3) is 0.400. The zero-order chi connectivity index (χ0) is 19.8. The number of ether oxygens (including phenoxy) is 1. The predicted molar refractivity (Wildman–Crippen MR) is 102 cm³/mol. The SMILES string of the molecule is CC(C)(C)c1ccc(C2(C)CC(Nc3ncccc3[N+](=O)[O-])C(=O)O2)cc1. The molecule has 0 bridgehead atoms. The second-order valence-electron chi connectivity index (χ2n) is 8.01. The Labute approximate surface area is 157 Å². The summed E-state index contributed by atoms with van der Waals surface area (Å²) in [5.41, 5.74) is 1.15. The first-order valence-electron chi connectivity index (χ1n) is 8.80. The first-order chi connectivity index (χ1) is 12.6. The highest BCUT2D eigenvalue weighted by Crippen LogP contribution is 2.39. The van der Waals surface area contributed by atoms with Crippen molar-refractivity contribution in [2.24, 2.45) is 0 Å². The summed E-state index contributed by atoms with van der Waals surface area (Å²) in [7, 11) is 0. The third-order valence-electron chi connectivity index (χ3n) is 4.86. The van der Waals surface area contributed by atoms with Gasteiger partial charge in [0.05, 0.1) is 4.92 Å². The molecule has 3 rings (SSSR count). The largest absolute Gasteiger partial charge is 0.453 e. The lowest BCUT2D eigenvalue weighted by Gasteiger charge is -2.25. The van der Waals surface area contributed by atoms with Crippen molar-refractivity contribution in [3.63, 3.8) is 0 Å². The minimum absolute atomic E-state index is 0.0355. The Morgan fingerprint density at radius 2 is 1.93 bits per heavy atom. The number of aromatic nitrogens is 1. The van der Waals surface area contributed by atoms with Crippen molar-refractivity contribution in [3.8, 4) is 0 Å². The van der Waals surface area contributed by atoms with Gasteiger partial charge in [-0.25, -0.2) is 9.78 Å². The number of nitro groups is 1. The fourth-order valence-corrected chi connectivity index (χ4v) is 3.24. The van der Waals surface area contributed by atoms with Gasteiger partial charge in [0, 0.05) is 18.7 Å². The van der Waals surface area contributed by atoms with Gasteiger partial charge < -0.3 is 10.1 Å². The zero-order valence-corrected chi connectivity index (χ0v) is 15.9. The van der Waals surface area contributed by atoms with E-state index in [4.69, 9.17) is 4.74 Å². The molecule has 2 aromatic rings. The first kappa shape index (κ1) is 18.8. The molecule has 2 atom stereocenters. The van der Waals surface area contributed by atoms with Crippen molar-refractivity contribution in [3.05, 3.63) is 63.8 Å². The highest BCUT2D eigenvalue weighted by atomic mass is 16.6. The molecule has 1 fully saturated rings. The van der Waals surface area contributed by atoms with Crippen LogP contribution in [0.3, 0.4) is 0 Å². The molecule has 0 amide bonds.